The maximum absolute atomic E-state index is 12.2. The first-order valence-corrected chi connectivity index (χ1v) is 6.77. The van der Waals surface area contributed by atoms with Gasteiger partial charge >= 0.3 is 0 Å². The Labute approximate surface area is 117 Å². The number of likely N-dealkylation sites (tertiary alicyclic amines) is 1. The van der Waals surface area contributed by atoms with Crippen molar-refractivity contribution in [2.45, 2.75) is 25.8 Å². The molecule has 6 nitrogen and oxygen atoms in total. The lowest BCUT2D eigenvalue weighted by atomic mass is 10.1. The first-order valence-electron chi connectivity index (χ1n) is 6.77. The molecule has 0 radical (unpaired) electrons. The minimum Gasteiger partial charge on any atom is -0.340 e. The van der Waals surface area contributed by atoms with Gasteiger partial charge in [0.25, 0.3) is 0 Å². The molecule has 2 aromatic heterocycles. The number of aromatic nitrogens is 4. The third-order valence-electron chi connectivity index (χ3n) is 3.58. The zero-order valence-electron chi connectivity index (χ0n) is 11.4. The monoisotopic (exact) mass is 271 g/mol. The van der Waals surface area contributed by atoms with Crippen LogP contribution in [0.4, 0.5) is 0 Å². The van der Waals surface area contributed by atoms with Crippen LogP contribution in [0.2, 0.25) is 0 Å². The van der Waals surface area contributed by atoms with E-state index in [4.69, 9.17) is 0 Å². The molecular weight excluding hydrogens is 254 g/mol. The summed E-state index contributed by atoms with van der Waals surface area (Å²) in [7, 11) is 0. The molecule has 0 aromatic carbocycles. The van der Waals surface area contributed by atoms with Gasteiger partial charge in [0.2, 0.25) is 5.91 Å². The molecule has 2 aromatic rings. The van der Waals surface area contributed by atoms with Crippen LogP contribution in [0.15, 0.2) is 30.7 Å². The van der Waals surface area contributed by atoms with Crippen LogP contribution in [0.3, 0.4) is 0 Å². The van der Waals surface area contributed by atoms with E-state index < -0.39 is 0 Å². The van der Waals surface area contributed by atoms with E-state index in [0.29, 0.717) is 13.1 Å². The van der Waals surface area contributed by atoms with Gasteiger partial charge in [-0.05, 0) is 25.5 Å². The van der Waals surface area contributed by atoms with Crippen LogP contribution in [0.5, 0.6) is 0 Å². The standard InChI is InChI=1S/C14H17N5O/c1-11-3-6-15-14(17-11)12-4-8-18(9-12)13(20)10-19-7-2-5-16-19/h2-3,5-7,12H,4,8-10H2,1H3/t12-/m0/s1. The summed E-state index contributed by atoms with van der Waals surface area (Å²) in [6.07, 6.45) is 6.19. The molecule has 1 aliphatic rings. The Morgan fingerprint density at radius 3 is 3.10 bits per heavy atom. The number of carbonyl (C=O) groups excluding carboxylic acids is 1. The van der Waals surface area contributed by atoms with Crippen molar-refractivity contribution < 1.29 is 4.79 Å². The summed E-state index contributed by atoms with van der Waals surface area (Å²) >= 11 is 0. The Hall–Kier alpha value is -2.24. The van der Waals surface area contributed by atoms with Crippen LogP contribution in [0.1, 0.15) is 23.9 Å². The average molecular weight is 271 g/mol. The second kappa shape index (κ2) is 5.40. The van der Waals surface area contributed by atoms with Crippen molar-refractivity contribution in [3.63, 3.8) is 0 Å². The number of hydrogen-bond acceptors (Lipinski definition) is 4. The molecule has 3 rings (SSSR count). The number of rotatable bonds is 3. The van der Waals surface area contributed by atoms with Crippen molar-refractivity contribution >= 4 is 5.91 Å². The predicted octanol–water partition coefficient (Wildman–Crippen LogP) is 0.998. The minimum absolute atomic E-state index is 0.101. The number of carbonyl (C=O) groups is 1. The molecule has 3 heterocycles. The Kier molecular flexibility index (Phi) is 3.45. The quantitative estimate of drug-likeness (QED) is 0.835. The molecule has 0 spiro atoms. The normalized spacial score (nSPS) is 18.4. The molecule has 1 saturated heterocycles. The van der Waals surface area contributed by atoms with Crippen molar-refractivity contribution in [2.75, 3.05) is 13.1 Å². The lowest BCUT2D eigenvalue weighted by Crippen LogP contribution is -2.32. The van der Waals surface area contributed by atoms with E-state index in [2.05, 4.69) is 15.1 Å². The molecule has 0 unspecified atom stereocenters. The molecule has 0 bridgehead atoms. The van der Waals surface area contributed by atoms with Gasteiger partial charge in [-0.2, -0.15) is 5.10 Å². The SMILES string of the molecule is Cc1ccnc([C@H]2CCN(C(=O)Cn3cccn3)C2)n1. The molecule has 1 amide bonds. The van der Waals surface area contributed by atoms with Crippen LogP contribution >= 0.6 is 0 Å². The van der Waals surface area contributed by atoms with Crippen molar-refractivity contribution in [3.8, 4) is 0 Å². The van der Waals surface area contributed by atoms with Crippen LogP contribution < -0.4 is 0 Å². The van der Waals surface area contributed by atoms with Crippen LogP contribution in [-0.4, -0.2) is 43.6 Å². The molecule has 0 saturated carbocycles. The van der Waals surface area contributed by atoms with Crippen LogP contribution in [0, 0.1) is 6.92 Å². The molecule has 1 atom stereocenters. The summed E-state index contributed by atoms with van der Waals surface area (Å²) < 4.78 is 1.65. The zero-order valence-corrected chi connectivity index (χ0v) is 11.4. The molecule has 104 valence electrons. The van der Waals surface area contributed by atoms with Gasteiger partial charge in [0, 0.05) is 43.3 Å². The number of nitrogens with zero attached hydrogens (tertiary/aromatic N) is 5. The summed E-state index contributed by atoms with van der Waals surface area (Å²) in [4.78, 5) is 22.8. The van der Waals surface area contributed by atoms with E-state index in [1.807, 2.05) is 24.0 Å². The lowest BCUT2D eigenvalue weighted by Gasteiger charge is -2.16. The zero-order chi connectivity index (χ0) is 13.9. The Morgan fingerprint density at radius 1 is 1.45 bits per heavy atom. The Morgan fingerprint density at radius 2 is 2.35 bits per heavy atom. The van der Waals surface area contributed by atoms with Gasteiger partial charge < -0.3 is 4.90 Å². The van der Waals surface area contributed by atoms with Gasteiger partial charge in [-0.1, -0.05) is 0 Å². The number of aryl methyl sites for hydroxylation is 1. The Balaban J connectivity index is 1.63. The highest BCUT2D eigenvalue weighted by Crippen LogP contribution is 2.24. The summed E-state index contributed by atoms with van der Waals surface area (Å²) in [6, 6.07) is 3.71. The van der Waals surface area contributed by atoms with Gasteiger partial charge in [-0.15, -0.1) is 0 Å². The fraction of sp³-hybridized carbons (Fsp3) is 0.429. The van der Waals surface area contributed by atoms with Crippen molar-refractivity contribution in [1.29, 1.82) is 0 Å². The van der Waals surface area contributed by atoms with Crippen molar-refractivity contribution in [1.82, 2.24) is 24.6 Å². The topological polar surface area (TPSA) is 63.9 Å². The van der Waals surface area contributed by atoms with E-state index in [1.165, 1.54) is 0 Å². The minimum atomic E-state index is 0.101. The lowest BCUT2D eigenvalue weighted by molar-refractivity contribution is -0.131. The smallest absolute Gasteiger partial charge is 0.244 e. The first-order chi connectivity index (χ1) is 9.72. The summed E-state index contributed by atoms with van der Waals surface area (Å²) in [5, 5.41) is 4.06. The average Bonchev–Trinajstić information content (AvgIpc) is 3.09. The summed E-state index contributed by atoms with van der Waals surface area (Å²) in [5.74, 6) is 1.19. The predicted molar refractivity (Wildman–Crippen MR) is 72.9 cm³/mol. The fourth-order valence-electron chi connectivity index (χ4n) is 2.50. The summed E-state index contributed by atoms with van der Waals surface area (Å²) in [6.45, 7) is 3.72. The van der Waals surface area contributed by atoms with Crippen molar-refractivity contribution in [3.05, 3.63) is 42.2 Å². The van der Waals surface area contributed by atoms with Crippen LogP contribution in [-0.2, 0) is 11.3 Å². The maximum Gasteiger partial charge on any atom is 0.244 e. The second-order valence-electron chi connectivity index (χ2n) is 5.09. The van der Waals surface area contributed by atoms with Gasteiger partial charge in [0.15, 0.2) is 0 Å². The molecule has 20 heavy (non-hydrogen) atoms. The number of amides is 1. The van der Waals surface area contributed by atoms with E-state index in [1.54, 1.807) is 23.3 Å². The molecular formula is C14H17N5O. The fourth-order valence-corrected chi connectivity index (χ4v) is 2.50. The molecule has 6 heteroatoms. The van der Waals surface area contributed by atoms with E-state index in [-0.39, 0.29) is 11.8 Å². The molecule has 1 fully saturated rings. The molecule has 0 aliphatic carbocycles. The second-order valence-corrected chi connectivity index (χ2v) is 5.09. The third-order valence-corrected chi connectivity index (χ3v) is 3.58. The first kappa shape index (κ1) is 12.8. The largest absolute Gasteiger partial charge is 0.340 e. The van der Waals surface area contributed by atoms with E-state index in [9.17, 15) is 4.79 Å². The van der Waals surface area contributed by atoms with Crippen molar-refractivity contribution in [2.24, 2.45) is 0 Å². The highest BCUT2D eigenvalue weighted by Gasteiger charge is 2.29. The highest BCUT2D eigenvalue weighted by molar-refractivity contribution is 5.76. The molecule has 0 N–H and O–H groups in total. The van der Waals surface area contributed by atoms with Gasteiger partial charge in [0.05, 0.1) is 0 Å². The highest BCUT2D eigenvalue weighted by atomic mass is 16.2. The van der Waals surface area contributed by atoms with Crippen LogP contribution in [0.25, 0.3) is 0 Å². The number of hydrogen-bond donors (Lipinski definition) is 0. The Bertz CT molecular complexity index is 595. The third kappa shape index (κ3) is 2.68. The van der Waals surface area contributed by atoms with Gasteiger partial charge in [0.1, 0.15) is 12.4 Å². The van der Waals surface area contributed by atoms with Gasteiger partial charge in [-0.25, -0.2) is 9.97 Å². The summed E-state index contributed by atoms with van der Waals surface area (Å²) in [5.41, 5.74) is 0.969. The maximum atomic E-state index is 12.2. The molecule has 1 aliphatic heterocycles. The van der Waals surface area contributed by atoms with E-state index in [0.717, 1.165) is 24.5 Å². The van der Waals surface area contributed by atoms with Gasteiger partial charge in [-0.3, -0.25) is 9.48 Å². The van der Waals surface area contributed by atoms with E-state index >= 15 is 0 Å².